The summed E-state index contributed by atoms with van der Waals surface area (Å²) in [5, 5.41) is 4.27. The third kappa shape index (κ3) is 4.93. The molecule has 2 aliphatic heterocycles. The van der Waals surface area contributed by atoms with Crippen LogP contribution in [0.4, 0.5) is 0 Å². The molecule has 1 atom stereocenters. The first-order valence-electron chi connectivity index (χ1n) is 11.8. The molecule has 164 valence electrons. The molecule has 4 rings (SSSR count). The summed E-state index contributed by atoms with van der Waals surface area (Å²) in [5.74, 6) is 0.838. The number of likely N-dealkylation sites (N-methyl/N-ethyl adjacent to an activating group) is 1. The van der Waals surface area contributed by atoms with Crippen molar-refractivity contribution in [3.8, 4) is 0 Å². The highest BCUT2D eigenvalue weighted by Crippen LogP contribution is 2.21. The molecule has 6 heteroatoms. The van der Waals surface area contributed by atoms with Crippen LogP contribution in [0, 0.1) is 6.92 Å². The van der Waals surface area contributed by atoms with Crippen molar-refractivity contribution in [2.45, 2.75) is 51.5 Å². The van der Waals surface area contributed by atoms with Crippen molar-refractivity contribution in [2.24, 2.45) is 0 Å². The molecule has 2 aromatic rings. The summed E-state index contributed by atoms with van der Waals surface area (Å²) in [7, 11) is 2.20. The predicted octanol–water partition coefficient (Wildman–Crippen LogP) is 2.59. The minimum atomic E-state index is 0.152. The van der Waals surface area contributed by atoms with Gasteiger partial charge in [-0.05, 0) is 70.8 Å². The Morgan fingerprint density at radius 1 is 1.13 bits per heavy atom. The van der Waals surface area contributed by atoms with E-state index in [1.807, 2.05) is 17.6 Å². The molecule has 3 heterocycles. The fourth-order valence-electron chi connectivity index (χ4n) is 5.01. The topological polar surface area (TPSA) is 53.4 Å². The van der Waals surface area contributed by atoms with Gasteiger partial charge < -0.3 is 15.1 Å². The van der Waals surface area contributed by atoms with E-state index in [0.717, 1.165) is 55.5 Å². The van der Waals surface area contributed by atoms with E-state index in [4.69, 9.17) is 4.98 Å². The monoisotopic (exact) mass is 411 g/mol. The molecule has 0 radical (unpaired) electrons. The summed E-state index contributed by atoms with van der Waals surface area (Å²) in [6, 6.07) is 6.40. The molecular weight excluding hydrogens is 374 g/mol. The normalized spacial score (nSPS) is 21.3. The van der Waals surface area contributed by atoms with Crippen molar-refractivity contribution >= 4 is 10.9 Å². The zero-order chi connectivity index (χ0) is 20.9. The molecule has 0 spiro atoms. The first kappa shape index (κ1) is 21.5. The maximum Gasteiger partial charge on any atom is 0.261 e. The van der Waals surface area contributed by atoms with Gasteiger partial charge in [-0.2, -0.15) is 0 Å². The van der Waals surface area contributed by atoms with Crippen LogP contribution in [0.5, 0.6) is 0 Å². The second-order valence-electron chi connectivity index (χ2n) is 9.10. The molecule has 6 nitrogen and oxygen atoms in total. The Morgan fingerprint density at radius 2 is 1.97 bits per heavy atom. The van der Waals surface area contributed by atoms with Gasteiger partial charge in [0, 0.05) is 32.7 Å². The van der Waals surface area contributed by atoms with Crippen LogP contribution in [-0.4, -0.2) is 72.2 Å². The number of unbranched alkanes of at least 4 members (excludes halogenated alkanes) is 2. The van der Waals surface area contributed by atoms with E-state index in [1.165, 1.54) is 51.1 Å². The van der Waals surface area contributed by atoms with Crippen molar-refractivity contribution < 1.29 is 0 Å². The predicted molar refractivity (Wildman–Crippen MR) is 123 cm³/mol. The molecule has 1 N–H and O–H groups in total. The number of nitrogens with zero attached hydrogens (tertiary/aromatic N) is 4. The number of benzene rings is 1. The number of piperidine rings is 1. The second-order valence-corrected chi connectivity index (χ2v) is 9.10. The van der Waals surface area contributed by atoms with Gasteiger partial charge in [-0.25, -0.2) is 4.98 Å². The van der Waals surface area contributed by atoms with Gasteiger partial charge in [0.15, 0.2) is 0 Å². The summed E-state index contributed by atoms with van der Waals surface area (Å²) >= 11 is 0. The molecule has 0 aliphatic carbocycles. The number of hydrogen-bond acceptors (Lipinski definition) is 5. The third-order valence-corrected chi connectivity index (χ3v) is 6.84. The fraction of sp³-hybridized carbons (Fsp3) is 0.667. The van der Waals surface area contributed by atoms with E-state index in [1.54, 1.807) is 0 Å². The van der Waals surface area contributed by atoms with Gasteiger partial charge in [-0.15, -0.1) is 0 Å². The van der Waals surface area contributed by atoms with E-state index in [2.05, 4.69) is 34.3 Å². The molecule has 1 aromatic carbocycles. The van der Waals surface area contributed by atoms with Crippen LogP contribution >= 0.6 is 0 Å². The Labute approximate surface area is 180 Å². The van der Waals surface area contributed by atoms with Crippen molar-refractivity contribution in [3.63, 3.8) is 0 Å². The van der Waals surface area contributed by atoms with Gasteiger partial charge in [0.1, 0.15) is 5.82 Å². The number of fused-ring (bicyclic) bond motifs is 1. The van der Waals surface area contributed by atoms with Crippen LogP contribution in [0.2, 0.25) is 0 Å². The van der Waals surface area contributed by atoms with E-state index in [-0.39, 0.29) is 11.6 Å². The largest absolute Gasteiger partial charge is 0.315 e. The van der Waals surface area contributed by atoms with Gasteiger partial charge in [0.2, 0.25) is 0 Å². The zero-order valence-corrected chi connectivity index (χ0v) is 18.7. The number of nitrogens with one attached hydrogen (secondary N) is 1. The number of aromatic nitrogens is 2. The van der Waals surface area contributed by atoms with Gasteiger partial charge >= 0.3 is 0 Å². The average Bonchev–Trinajstić information content (AvgIpc) is 2.75. The maximum atomic E-state index is 13.5. The maximum absolute atomic E-state index is 13.5. The number of aryl methyl sites for hydroxylation is 2. The lowest BCUT2D eigenvalue weighted by Crippen LogP contribution is -2.44. The molecule has 0 saturated carbocycles. The lowest BCUT2D eigenvalue weighted by molar-refractivity contribution is 0.152. The summed E-state index contributed by atoms with van der Waals surface area (Å²) < 4.78 is 1.95. The molecule has 2 fully saturated rings. The summed E-state index contributed by atoms with van der Waals surface area (Å²) in [4.78, 5) is 23.3. The second kappa shape index (κ2) is 10.0. The van der Waals surface area contributed by atoms with Crippen LogP contribution in [0.1, 0.15) is 49.5 Å². The lowest BCUT2D eigenvalue weighted by atomic mass is 10.0. The molecule has 1 aromatic heterocycles. The highest BCUT2D eigenvalue weighted by Gasteiger charge is 2.21. The van der Waals surface area contributed by atoms with Gasteiger partial charge in [0.05, 0.1) is 16.9 Å². The highest BCUT2D eigenvalue weighted by atomic mass is 16.1. The van der Waals surface area contributed by atoms with Gasteiger partial charge in [-0.1, -0.05) is 18.6 Å². The van der Waals surface area contributed by atoms with E-state index in [9.17, 15) is 4.79 Å². The van der Waals surface area contributed by atoms with Crippen molar-refractivity contribution in [1.29, 1.82) is 0 Å². The van der Waals surface area contributed by atoms with E-state index < -0.39 is 0 Å². The Kier molecular flexibility index (Phi) is 7.18. The number of piperazine rings is 1. The van der Waals surface area contributed by atoms with Crippen LogP contribution < -0.4 is 10.9 Å². The zero-order valence-electron chi connectivity index (χ0n) is 18.7. The van der Waals surface area contributed by atoms with E-state index >= 15 is 0 Å². The number of rotatable bonds is 7. The first-order valence-corrected chi connectivity index (χ1v) is 11.8. The molecule has 1 unspecified atom stereocenters. The summed E-state index contributed by atoms with van der Waals surface area (Å²) in [5.41, 5.74) is 2.17. The van der Waals surface area contributed by atoms with Crippen LogP contribution in [-0.2, 0) is 6.42 Å². The highest BCUT2D eigenvalue weighted by molar-refractivity contribution is 5.81. The molecule has 30 heavy (non-hydrogen) atoms. The quantitative estimate of drug-likeness (QED) is 0.710. The average molecular weight is 412 g/mol. The van der Waals surface area contributed by atoms with Crippen LogP contribution in [0.15, 0.2) is 23.0 Å². The SMILES string of the molecule is Cc1nc2cccc(CCCCCN3CCN(C)CC3)c2c(=O)n1C1CCCNC1. The van der Waals surface area contributed by atoms with Gasteiger partial charge in [-0.3, -0.25) is 9.36 Å². The Morgan fingerprint density at radius 3 is 2.73 bits per heavy atom. The van der Waals surface area contributed by atoms with Crippen molar-refractivity contribution in [2.75, 3.05) is 52.9 Å². The molecule has 0 bridgehead atoms. The van der Waals surface area contributed by atoms with Gasteiger partial charge in [0.25, 0.3) is 5.56 Å². The Hall–Kier alpha value is -1.76. The molecular formula is C24H37N5O. The smallest absolute Gasteiger partial charge is 0.261 e. The minimum absolute atomic E-state index is 0.152. The van der Waals surface area contributed by atoms with Crippen molar-refractivity contribution in [1.82, 2.24) is 24.7 Å². The van der Waals surface area contributed by atoms with Crippen LogP contribution in [0.25, 0.3) is 10.9 Å². The lowest BCUT2D eigenvalue weighted by Gasteiger charge is -2.32. The summed E-state index contributed by atoms with van der Waals surface area (Å²) in [6.45, 7) is 9.84. The summed E-state index contributed by atoms with van der Waals surface area (Å²) in [6.07, 6.45) is 6.71. The van der Waals surface area contributed by atoms with Crippen LogP contribution in [0.3, 0.4) is 0 Å². The molecule has 0 amide bonds. The number of hydrogen-bond donors (Lipinski definition) is 1. The first-order chi connectivity index (χ1) is 14.6. The third-order valence-electron chi connectivity index (χ3n) is 6.84. The minimum Gasteiger partial charge on any atom is -0.315 e. The fourth-order valence-corrected chi connectivity index (χ4v) is 5.01. The molecule has 2 aliphatic rings. The Balaban J connectivity index is 1.41. The van der Waals surface area contributed by atoms with E-state index in [0.29, 0.717) is 0 Å². The van der Waals surface area contributed by atoms with Crippen molar-refractivity contribution in [3.05, 3.63) is 39.9 Å². The standard InChI is InChI=1S/C24H37N5O/c1-19-26-22-11-6-9-20(8-4-3-5-13-28-16-14-27(2)15-17-28)23(22)24(30)29(19)21-10-7-12-25-18-21/h6,9,11,21,25H,3-5,7-8,10,12-18H2,1-2H3. The molecule has 2 saturated heterocycles. The Bertz CT molecular complexity index is 894.